The minimum absolute atomic E-state index is 0.0535. The average Bonchev–Trinajstić information content (AvgIpc) is 2.56. The summed E-state index contributed by atoms with van der Waals surface area (Å²) in [6.07, 6.45) is 2.08. The minimum atomic E-state index is -0.878. The summed E-state index contributed by atoms with van der Waals surface area (Å²) in [6.45, 7) is 3.68. The fourth-order valence-corrected chi connectivity index (χ4v) is 2.46. The van der Waals surface area contributed by atoms with Gasteiger partial charge in [0.1, 0.15) is 0 Å². The van der Waals surface area contributed by atoms with Crippen molar-refractivity contribution in [3.05, 3.63) is 65.2 Å². The molecule has 1 atom stereocenters. The molecule has 0 heterocycles. The Morgan fingerprint density at radius 1 is 1.12 bits per heavy atom. The molecule has 2 rings (SSSR count). The highest BCUT2D eigenvalue weighted by Gasteiger charge is 2.14. The van der Waals surface area contributed by atoms with Crippen LogP contribution in [0.15, 0.2) is 48.5 Å². The molecule has 2 N–H and O–H groups in total. The predicted octanol–water partition coefficient (Wildman–Crippen LogP) is 4.14. The van der Waals surface area contributed by atoms with Crippen LogP contribution in [0.4, 0.5) is 5.69 Å². The average molecular weight is 325 g/mol. The van der Waals surface area contributed by atoms with Gasteiger partial charge >= 0.3 is 5.97 Å². The number of carboxylic acids is 1. The van der Waals surface area contributed by atoms with Crippen molar-refractivity contribution in [3.63, 3.8) is 0 Å². The lowest BCUT2D eigenvalue weighted by molar-refractivity contribution is -0.138. The molecule has 4 nitrogen and oxygen atoms in total. The first-order chi connectivity index (χ1) is 11.5. The summed E-state index contributed by atoms with van der Waals surface area (Å²) in [4.78, 5) is 23.1. The summed E-state index contributed by atoms with van der Waals surface area (Å²) in [5, 5.41) is 11.9. The van der Waals surface area contributed by atoms with E-state index < -0.39 is 11.9 Å². The molecule has 2 aromatic carbocycles. The summed E-state index contributed by atoms with van der Waals surface area (Å²) < 4.78 is 0. The van der Waals surface area contributed by atoms with Gasteiger partial charge in [0.15, 0.2) is 0 Å². The number of hydrogen-bond donors (Lipinski definition) is 2. The topological polar surface area (TPSA) is 66.4 Å². The molecule has 0 spiro atoms. The van der Waals surface area contributed by atoms with Gasteiger partial charge in [0.25, 0.3) is 0 Å². The summed E-state index contributed by atoms with van der Waals surface area (Å²) >= 11 is 0. The predicted molar refractivity (Wildman–Crippen MR) is 95.2 cm³/mol. The lowest BCUT2D eigenvalue weighted by Gasteiger charge is -2.10. The third kappa shape index (κ3) is 5.23. The van der Waals surface area contributed by atoms with E-state index in [0.717, 1.165) is 12.8 Å². The maximum Gasteiger partial charge on any atom is 0.310 e. The molecule has 0 bridgehead atoms. The fourth-order valence-electron chi connectivity index (χ4n) is 2.46. The van der Waals surface area contributed by atoms with Crippen LogP contribution in [0.2, 0.25) is 0 Å². The Morgan fingerprint density at radius 2 is 1.83 bits per heavy atom. The van der Waals surface area contributed by atoms with Crippen molar-refractivity contribution in [2.75, 3.05) is 5.32 Å². The third-order valence-electron chi connectivity index (χ3n) is 4.03. The Bertz CT molecular complexity index is 707. The largest absolute Gasteiger partial charge is 0.481 e. The number of aryl methyl sites for hydroxylation is 2. The van der Waals surface area contributed by atoms with E-state index >= 15 is 0 Å². The summed E-state index contributed by atoms with van der Waals surface area (Å²) in [5.41, 5.74) is 3.78. The van der Waals surface area contributed by atoms with Gasteiger partial charge < -0.3 is 10.4 Å². The van der Waals surface area contributed by atoms with Crippen molar-refractivity contribution in [1.29, 1.82) is 0 Å². The number of carbonyl (C=O) groups is 2. The Labute approximate surface area is 142 Å². The van der Waals surface area contributed by atoms with Gasteiger partial charge in [0.2, 0.25) is 5.91 Å². The zero-order chi connectivity index (χ0) is 17.5. The van der Waals surface area contributed by atoms with Crippen LogP contribution in [0, 0.1) is 6.92 Å². The van der Waals surface area contributed by atoms with Crippen LogP contribution in [0.1, 0.15) is 42.4 Å². The van der Waals surface area contributed by atoms with E-state index in [1.165, 1.54) is 11.1 Å². The molecule has 0 aliphatic rings. The molecular formula is C20H23NO3. The summed E-state index contributed by atoms with van der Waals surface area (Å²) in [7, 11) is 0. The monoisotopic (exact) mass is 325 g/mol. The first-order valence-electron chi connectivity index (χ1n) is 8.14. The van der Waals surface area contributed by atoms with Crippen molar-refractivity contribution in [2.45, 2.75) is 39.0 Å². The van der Waals surface area contributed by atoms with E-state index in [1.54, 1.807) is 31.2 Å². The molecule has 1 unspecified atom stereocenters. The number of rotatable bonds is 7. The first kappa shape index (κ1) is 17.7. The molecule has 24 heavy (non-hydrogen) atoms. The maximum absolute atomic E-state index is 12.0. The highest BCUT2D eigenvalue weighted by atomic mass is 16.4. The number of carbonyl (C=O) groups excluding carboxylic acids is 1. The highest BCUT2D eigenvalue weighted by molar-refractivity contribution is 5.91. The quantitative estimate of drug-likeness (QED) is 0.804. The van der Waals surface area contributed by atoms with E-state index in [4.69, 9.17) is 5.11 Å². The Morgan fingerprint density at radius 3 is 2.50 bits per heavy atom. The first-order valence-corrected chi connectivity index (χ1v) is 8.14. The molecule has 2 aromatic rings. The molecular weight excluding hydrogens is 302 g/mol. The summed E-state index contributed by atoms with van der Waals surface area (Å²) in [6, 6.07) is 15.3. The van der Waals surface area contributed by atoms with Crippen molar-refractivity contribution >= 4 is 17.6 Å². The summed E-state index contributed by atoms with van der Waals surface area (Å²) in [5.74, 6) is -1.53. The Hall–Kier alpha value is -2.62. The number of carboxylic acid groups (broad SMARTS) is 1. The lowest BCUT2D eigenvalue weighted by Crippen LogP contribution is -2.12. The number of amides is 1. The SMILES string of the molecule is Cc1ccc(CCCC(=O)Nc2cccc(C(C)C(=O)O)c2)cc1. The van der Waals surface area contributed by atoms with Crippen LogP contribution in [-0.2, 0) is 16.0 Å². The molecule has 4 heteroatoms. The molecule has 1 amide bonds. The molecule has 0 aromatic heterocycles. The van der Waals surface area contributed by atoms with Gasteiger partial charge in [-0.3, -0.25) is 9.59 Å². The fraction of sp³-hybridized carbons (Fsp3) is 0.300. The molecule has 0 saturated carbocycles. The second kappa shape index (κ2) is 8.29. The lowest BCUT2D eigenvalue weighted by atomic mass is 10.0. The number of aliphatic carboxylic acids is 1. The molecule has 126 valence electrons. The number of benzene rings is 2. The number of anilines is 1. The van der Waals surface area contributed by atoms with E-state index in [-0.39, 0.29) is 5.91 Å². The normalized spacial score (nSPS) is 11.8. The van der Waals surface area contributed by atoms with E-state index in [9.17, 15) is 9.59 Å². The zero-order valence-corrected chi connectivity index (χ0v) is 14.1. The molecule has 0 radical (unpaired) electrons. The highest BCUT2D eigenvalue weighted by Crippen LogP contribution is 2.19. The molecule has 0 fully saturated rings. The van der Waals surface area contributed by atoms with Crippen LogP contribution < -0.4 is 5.32 Å². The zero-order valence-electron chi connectivity index (χ0n) is 14.1. The van der Waals surface area contributed by atoms with Gasteiger partial charge in [-0.2, -0.15) is 0 Å². The molecule has 0 saturated heterocycles. The van der Waals surface area contributed by atoms with Gasteiger partial charge in [0.05, 0.1) is 5.92 Å². The van der Waals surface area contributed by atoms with Crippen LogP contribution in [0.25, 0.3) is 0 Å². The van der Waals surface area contributed by atoms with Crippen LogP contribution >= 0.6 is 0 Å². The van der Waals surface area contributed by atoms with Crippen LogP contribution in [-0.4, -0.2) is 17.0 Å². The van der Waals surface area contributed by atoms with E-state index in [0.29, 0.717) is 17.7 Å². The smallest absolute Gasteiger partial charge is 0.310 e. The Balaban J connectivity index is 1.85. The van der Waals surface area contributed by atoms with Gasteiger partial charge in [0, 0.05) is 12.1 Å². The van der Waals surface area contributed by atoms with Crippen molar-refractivity contribution in [3.8, 4) is 0 Å². The van der Waals surface area contributed by atoms with E-state index in [2.05, 4.69) is 36.5 Å². The van der Waals surface area contributed by atoms with Gasteiger partial charge in [-0.05, 0) is 49.9 Å². The van der Waals surface area contributed by atoms with Crippen molar-refractivity contribution < 1.29 is 14.7 Å². The van der Waals surface area contributed by atoms with Crippen molar-refractivity contribution in [2.24, 2.45) is 0 Å². The van der Waals surface area contributed by atoms with Gasteiger partial charge in [-0.15, -0.1) is 0 Å². The van der Waals surface area contributed by atoms with Gasteiger partial charge in [-0.25, -0.2) is 0 Å². The third-order valence-corrected chi connectivity index (χ3v) is 4.03. The number of hydrogen-bond acceptors (Lipinski definition) is 2. The second-order valence-corrected chi connectivity index (χ2v) is 6.07. The van der Waals surface area contributed by atoms with Crippen LogP contribution in [0.3, 0.4) is 0 Å². The van der Waals surface area contributed by atoms with Gasteiger partial charge in [-0.1, -0.05) is 42.0 Å². The molecule has 0 aliphatic heterocycles. The minimum Gasteiger partial charge on any atom is -0.481 e. The Kier molecular flexibility index (Phi) is 6.13. The standard InChI is InChI=1S/C20H23NO3/c1-14-9-11-16(12-10-14)5-3-8-19(22)21-18-7-4-6-17(13-18)15(2)20(23)24/h4,6-7,9-13,15H,3,5,8H2,1-2H3,(H,21,22)(H,23,24). The number of nitrogens with one attached hydrogen (secondary N) is 1. The van der Waals surface area contributed by atoms with Crippen molar-refractivity contribution in [1.82, 2.24) is 0 Å². The van der Waals surface area contributed by atoms with E-state index in [1.807, 2.05) is 0 Å². The molecule has 0 aliphatic carbocycles. The van der Waals surface area contributed by atoms with Crippen LogP contribution in [0.5, 0.6) is 0 Å². The maximum atomic E-state index is 12.0. The second-order valence-electron chi connectivity index (χ2n) is 6.07.